The molecule has 2 nitrogen and oxygen atoms in total. The van der Waals surface area contributed by atoms with E-state index in [1.165, 1.54) is 0 Å². The lowest BCUT2D eigenvalue weighted by atomic mass is 9.84. The standard InChI is InChI=1S/C12H15BrN2/c1-4-9-6-14-11-7(2)5-10(13)8(3)12(11)15-9/h4,6-8,10H,1,5H2,2-3H3. The minimum absolute atomic E-state index is 0.434. The van der Waals surface area contributed by atoms with Gasteiger partial charge in [-0.3, -0.25) is 4.98 Å². The summed E-state index contributed by atoms with van der Waals surface area (Å²) in [5, 5.41) is 0. The lowest BCUT2D eigenvalue weighted by molar-refractivity contribution is 0.520. The fourth-order valence-corrected chi connectivity index (χ4v) is 2.88. The summed E-state index contributed by atoms with van der Waals surface area (Å²) >= 11 is 3.72. The van der Waals surface area contributed by atoms with Crippen molar-refractivity contribution in [3.63, 3.8) is 0 Å². The summed E-state index contributed by atoms with van der Waals surface area (Å²) in [5.41, 5.74) is 3.16. The van der Waals surface area contributed by atoms with Gasteiger partial charge in [0, 0.05) is 16.7 Å². The first-order valence-electron chi connectivity index (χ1n) is 5.26. The molecule has 3 unspecified atom stereocenters. The van der Waals surface area contributed by atoms with Crippen molar-refractivity contribution in [2.24, 2.45) is 0 Å². The summed E-state index contributed by atoms with van der Waals surface area (Å²) in [6, 6.07) is 0. The van der Waals surface area contributed by atoms with Crippen LogP contribution in [-0.2, 0) is 0 Å². The van der Waals surface area contributed by atoms with Gasteiger partial charge in [-0.05, 0) is 12.5 Å². The van der Waals surface area contributed by atoms with Gasteiger partial charge >= 0.3 is 0 Å². The van der Waals surface area contributed by atoms with Crippen LogP contribution in [0.1, 0.15) is 49.2 Å². The van der Waals surface area contributed by atoms with Gasteiger partial charge in [0.15, 0.2) is 0 Å². The van der Waals surface area contributed by atoms with Crippen molar-refractivity contribution >= 4 is 22.0 Å². The SMILES string of the molecule is C=Cc1cnc2c(n1)C(C)C(Br)CC2C. The second-order valence-electron chi connectivity index (χ2n) is 4.21. The Morgan fingerprint density at radius 1 is 1.47 bits per heavy atom. The molecule has 3 heteroatoms. The van der Waals surface area contributed by atoms with Crippen LogP contribution in [0.4, 0.5) is 0 Å². The van der Waals surface area contributed by atoms with Crippen LogP contribution in [0.5, 0.6) is 0 Å². The van der Waals surface area contributed by atoms with Crippen LogP contribution >= 0.6 is 15.9 Å². The average Bonchev–Trinajstić information content (AvgIpc) is 2.25. The number of hydrogen-bond acceptors (Lipinski definition) is 2. The van der Waals surface area contributed by atoms with Crippen LogP contribution in [0.15, 0.2) is 12.8 Å². The quantitative estimate of drug-likeness (QED) is 0.728. The molecule has 2 rings (SSSR count). The Morgan fingerprint density at radius 2 is 2.20 bits per heavy atom. The number of halogens is 1. The summed E-state index contributed by atoms with van der Waals surface area (Å²) in [6.45, 7) is 8.14. The molecule has 0 saturated heterocycles. The first kappa shape index (κ1) is 10.8. The van der Waals surface area contributed by atoms with E-state index < -0.39 is 0 Å². The zero-order valence-corrected chi connectivity index (χ0v) is 10.7. The lowest BCUT2D eigenvalue weighted by Gasteiger charge is -2.29. The Balaban J connectivity index is 2.51. The maximum Gasteiger partial charge on any atom is 0.0810 e. The molecule has 0 fully saturated rings. The maximum absolute atomic E-state index is 4.60. The van der Waals surface area contributed by atoms with Gasteiger partial charge in [-0.2, -0.15) is 0 Å². The molecule has 0 N–H and O–H groups in total. The predicted octanol–water partition coefficient (Wildman–Crippen LogP) is 3.49. The third-order valence-corrected chi connectivity index (χ3v) is 4.24. The molecule has 0 spiro atoms. The van der Waals surface area contributed by atoms with E-state index in [1.54, 1.807) is 6.08 Å². The largest absolute Gasteiger partial charge is 0.257 e. The number of aromatic nitrogens is 2. The molecule has 1 heterocycles. The van der Waals surface area contributed by atoms with Crippen molar-refractivity contribution in [1.29, 1.82) is 0 Å². The zero-order valence-electron chi connectivity index (χ0n) is 9.07. The van der Waals surface area contributed by atoms with Crippen LogP contribution in [-0.4, -0.2) is 14.8 Å². The Hall–Kier alpha value is -0.700. The number of fused-ring (bicyclic) bond motifs is 1. The van der Waals surface area contributed by atoms with Gasteiger partial charge in [0.1, 0.15) is 0 Å². The highest BCUT2D eigenvalue weighted by Crippen LogP contribution is 2.39. The van der Waals surface area contributed by atoms with Gasteiger partial charge in [-0.1, -0.05) is 36.4 Å². The van der Waals surface area contributed by atoms with Gasteiger partial charge in [-0.15, -0.1) is 0 Å². The van der Waals surface area contributed by atoms with E-state index in [1.807, 2.05) is 6.20 Å². The van der Waals surface area contributed by atoms with Gasteiger partial charge in [0.2, 0.25) is 0 Å². The van der Waals surface area contributed by atoms with E-state index in [4.69, 9.17) is 0 Å². The van der Waals surface area contributed by atoms with Crippen molar-refractivity contribution < 1.29 is 0 Å². The van der Waals surface area contributed by atoms with Crippen LogP contribution in [0, 0.1) is 0 Å². The molecule has 1 aromatic rings. The van der Waals surface area contributed by atoms with Crippen molar-refractivity contribution in [1.82, 2.24) is 9.97 Å². The van der Waals surface area contributed by atoms with E-state index in [2.05, 4.69) is 46.3 Å². The molecule has 80 valence electrons. The topological polar surface area (TPSA) is 25.8 Å². The molecule has 0 bridgehead atoms. The second kappa shape index (κ2) is 4.05. The molecule has 0 aliphatic heterocycles. The predicted molar refractivity (Wildman–Crippen MR) is 66.3 cm³/mol. The van der Waals surface area contributed by atoms with E-state index in [-0.39, 0.29) is 0 Å². The molecule has 1 aliphatic carbocycles. The molecule has 15 heavy (non-hydrogen) atoms. The van der Waals surface area contributed by atoms with Gasteiger partial charge in [0.25, 0.3) is 0 Å². The van der Waals surface area contributed by atoms with Gasteiger partial charge < -0.3 is 0 Å². The van der Waals surface area contributed by atoms with Crippen LogP contribution in [0.25, 0.3) is 6.08 Å². The average molecular weight is 267 g/mol. The highest BCUT2D eigenvalue weighted by Gasteiger charge is 2.31. The smallest absolute Gasteiger partial charge is 0.0810 e. The van der Waals surface area contributed by atoms with Crippen LogP contribution < -0.4 is 0 Å². The number of nitrogens with zero attached hydrogens (tertiary/aromatic N) is 2. The summed E-state index contributed by atoms with van der Waals surface area (Å²) in [4.78, 5) is 9.61. The van der Waals surface area contributed by atoms with E-state index in [0.29, 0.717) is 16.7 Å². The van der Waals surface area contributed by atoms with Crippen molar-refractivity contribution in [2.45, 2.75) is 36.9 Å². The third kappa shape index (κ3) is 1.85. The zero-order chi connectivity index (χ0) is 11.0. The molecule has 1 aliphatic rings. The molecule has 3 atom stereocenters. The molecule has 0 saturated carbocycles. The highest BCUT2D eigenvalue weighted by atomic mass is 79.9. The second-order valence-corrected chi connectivity index (χ2v) is 5.39. The molecular formula is C12H15BrN2. The van der Waals surface area contributed by atoms with Crippen molar-refractivity contribution in [3.8, 4) is 0 Å². The van der Waals surface area contributed by atoms with Crippen molar-refractivity contribution in [3.05, 3.63) is 29.9 Å². The van der Waals surface area contributed by atoms with Gasteiger partial charge in [-0.25, -0.2) is 4.98 Å². The van der Waals surface area contributed by atoms with E-state index >= 15 is 0 Å². The molecule has 0 aromatic carbocycles. The Labute approximate surface area is 99.0 Å². The number of alkyl halides is 1. The molecule has 1 aromatic heterocycles. The van der Waals surface area contributed by atoms with Crippen LogP contribution in [0.3, 0.4) is 0 Å². The summed E-state index contributed by atoms with van der Waals surface area (Å²) < 4.78 is 0. The van der Waals surface area contributed by atoms with E-state index in [0.717, 1.165) is 23.5 Å². The number of rotatable bonds is 1. The first-order valence-corrected chi connectivity index (χ1v) is 6.18. The molecule has 0 radical (unpaired) electrons. The number of hydrogen-bond donors (Lipinski definition) is 0. The third-order valence-electron chi connectivity index (χ3n) is 3.08. The Kier molecular flexibility index (Phi) is 2.91. The minimum atomic E-state index is 0.434. The minimum Gasteiger partial charge on any atom is -0.257 e. The Morgan fingerprint density at radius 3 is 2.87 bits per heavy atom. The molecule has 0 amide bonds. The maximum atomic E-state index is 4.60. The summed E-state index contributed by atoms with van der Waals surface area (Å²) in [5.74, 6) is 0.926. The summed E-state index contributed by atoms with van der Waals surface area (Å²) in [7, 11) is 0. The molecular weight excluding hydrogens is 252 g/mol. The fourth-order valence-electron chi connectivity index (χ4n) is 2.06. The monoisotopic (exact) mass is 266 g/mol. The Bertz CT molecular complexity index is 389. The van der Waals surface area contributed by atoms with Crippen molar-refractivity contribution in [2.75, 3.05) is 0 Å². The first-order chi connectivity index (χ1) is 7.13. The van der Waals surface area contributed by atoms with E-state index in [9.17, 15) is 0 Å². The van der Waals surface area contributed by atoms with Crippen LogP contribution in [0.2, 0.25) is 0 Å². The summed E-state index contributed by atoms with van der Waals surface area (Å²) in [6.07, 6.45) is 4.70. The fraction of sp³-hybridized carbons (Fsp3) is 0.500. The normalized spacial score (nSPS) is 29.7. The highest BCUT2D eigenvalue weighted by molar-refractivity contribution is 9.09. The van der Waals surface area contributed by atoms with Gasteiger partial charge in [0.05, 0.1) is 23.3 Å². The lowest BCUT2D eigenvalue weighted by Crippen LogP contribution is -2.23.